The summed E-state index contributed by atoms with van der Waals surface area (Å²) < 4.78 is 0. The van der Waals surface area contributed by atoms with E-state index < -0.39 is 5.60 Å². The van der Waals surface area contributed by atoms with E-state index in [0.717, 1.165) is 25.1 Å². The van der Waals surface area contributed by atoms with E-state index in [1.165, 1.54) is 5.56 Å². The first-order valence-corrected chi connectivity index (χ1v) is 5.89. The van der Waals surface area contributed by atoms with Gasteiger partial charge in [-0.25, -0.2) is 0 Å². The Morgan fingerprint density at radius 2 is 2.25 bits per heavy atom. The van der Waals surface area contributed by atoms with Crippen molar-refractivity contribution in [2.75, 3.05) is 6.54 Å². The van der Waals surface area contributed by atoms with Crippen LogP contribution in [0.2, 0.25) is 0 Å². The van der Waals surface area contributed by atoms with Gasteiger partial charge in [-0.05, 0) is 31.9 Å². The van der Waals surface area contributed by atoms with Crippen LogP contribution in [0.25, 0.3) is 0 Å². The van der Waals surface area contributed by atoms with Gasteiger partial charge in [0.05, 0.1) is 5.60 Å². The zero-order valence-electron chi connectivity index (χ0n) is 10.5. The lowest BCUT2D eigenvalue weighted by Gasteiger charge is -2.23. The first-order chi connectivity index (χ1) is 7.55. The molecule has 16 heavy (non-hydrogen) atoms. The Kier molecular flexibility index (Phi) is 4.90. The second-order valence-corrected chi connectivity index (χ2v) is 4.60. The molecule has 3 nitrogen and oxygen atoms in total. The predicted octanol–water partition coefficient (Wildman–Crippen LogP) is 2.03. The van der Waals surface area contributed by atoms with Crippen LogP contribution in [0.3, 0.4) is 0 Å². The summed E-state index contributed by atoms with van der Waals surface area (Å²) in [6, 6.07) is 4.00. The molecular formula is C13H22N2O. The van der Waals surface area contributed by atoms with Gasteiger partial charge in [-0.3, -0.25) is 4.98 Å². The third-order valence-corrected chi connectivity index (χ3v) is 2.73. The van der Waals surface area contributed by atoms with Crippen LogP contribution in [0.5, 0.6) is 0 Å². The molecule has 0 spiro atoms. The molecule has 0 bridgehead atoms. The van der Waals surface area contributed by atoms with Crippen LogP contribution in [-0.4, -0.2) is 22.2 Å². The topological polar surface area (TPSA) is 45.1 Å². The lowest BCUT2D eigenvalue weighted by atomic mass is 10.0. The van der Waals surface area contributed by atoms with Crippen LogP contribution in [-0.2, 0) is 6.54 Å². The average molecular weight is 222 g/mol. The second-order valence-electron chi connectivity index (χ2n) is 4.60. The number of rotatable bonds is 6. The van der Waals surface area contributed by atoms with Gasteiger partial charge in [0, 0.05) is 25.0 Å². The number of aliphatic hydroxyl groups is 1. The molecule has 1 aromatic heterocycles. The van der Waals surface area contributed by atoms with Gasteiger partial charge in [0.25, 0.3) is 0 Å². The van der Waals surface area contributed by atoms with Crippen molar-refractivity contribution in [2.24, 2.45) is 0 Å². The van der Waals surface area contributed by atoms with Crippen LogP contribution in [0.4, 0.5) is 0 Å². The lowest BCUT2D eigenvalue weighted by Crippen LogP contribution is -2.37. The van der Waals surface area contributed by atoms with Crippen molar-refractivity contribution < 1.29 is 5.11 Å². The Balaban J connectivity index is 2.39. The van der Waals surface area contributed by atoms with Gasteiger partial charge in [-0.15, -0.1) is 0 Å². The Bertz CT molecular complexity index is 323. The van der Waals surface area contributed by atoms with E-state index in [1.54, 1.807) is 6.20 Å². The maximum atomic E-state index is 9.98. The Morgan fingerprint density at radius 1 is 1.50 bits per heavy atom. The maximum absolute atomic E-state index is 9.98. The molecule has 0 radical (unpaired) electrons. The normalized spacial score (nSPS) is 14.8. The van der Waals surface area contributed by atoms with Crippen molar-refractivity contribution in [2.45, 2.75) is 45.8 Å². The zero-order valence-corrected chi connectivity index (χ0v) is 10.5. The van der Waals surface area contributed by atoms with E-state index in [0.29, 0.717) is 6.54 Å². The molecule has 90 valence electrons. The number of hydrogen-bond donors (Lipinski definition) is 2. The first-order valence-electron chi connectivity index (χ1n) is 5.89. The Hall–Kier alpha value is -0.930. The summed E-state index contributed by atoms with van der Waals surface area (Å²) in [5, 5.41) is 13.3. The van der Waals surface area contributed by atoms with Crippen molar-refractivity contribution in [3.05, 3.63) is 29.6 Å². The summed E-state index contributed by atoms with van der Waals surface area (Å²) in [6.07, 6.45) is 3.62. The molecule has 0 saturated carbocycles. The minimum absolute atomic E-state index is 0.606. The molecule has 0 aliphatic carbocycles. The molecule has 3 heteroatoms. The molecule has 1 atom stereocenters. The molecule has 0 aromatic carbocycles. The van der Waals surface area contributed by atoms with Gasteiger partial charge in [-0.1, -0.05) is 19.4 Å². The quantitative estimate of drug-likeness (QED) is 0.774. The van der Waals surface area contributed by atoms with Crippen LogP contribution < -0.4 is 5.32 Å². The van der Waals surface area contributed by atoms with Gasteiger partial charge in [-0.2, -0.15) is 0 Å². The van der Waals surface area contributed by atoms with E-state index in [1.807, 2.05) is 19.9 Å². The van der Waals surface area contributed by atoms with Gasteiger partial charge >= 0.3 is 0 Å². The van der Waals surface area contributed by atoms with E-state index >= 15 is 0 Å². The number of hydrogen-bond acceptors (Lipinski definition) is 3. The smallest absolute Gasteiger partial charge is 0.0743 e. The number of nitrogens with one attached hydrogen (secondary N) is 1. The number of aryl methyl sites for hydroxylation is 1. The maximum Gasteiger partial charge on any atom is 0.0743 e. The monoisotopic (exact) mass is 222 g/mol. The van der Waals surface area contributed by atoms with E-state index in [2.05, 4.69) is 23.3 Å². The van der Waals surface area contributed by atoms with Crippen molar-refractivity contribution in [1.82, 2.24) is 10.3 Å². The average Bonchev–Trinajstić information content (AvgIpc) is 2.20. The minimum Gasteiger partial charge on any atom is -0.389 e. The highest BCUT2D eigenvalue weighted by atomic mass is 16.3. The van der Waals surface area contributed by atoms with E-state index in [4.69, 9.17) is 0 Å². The van der Waals surface area contributed by atoms with Crippen LogP contribution >= 0.6 is 0 Å². The van der Waals surface area contributed by atoms with Crippen LogP contribution in [0.15, 0.2) is 18.3 Å². The fourth-order valence-electron chi connectivity index (χ4n) is 1.80. The predicted molar refractivity (Wildman–Crippen MR) is 66.2 cm³/mol. The Morgan fingerprint density at radius 3 is 2.88 bits per heavy atom. The summed E-state index contributed by atoms with van der Waals surface area (Å²) in [5.41, 5.74) is 1.63. The van der Waals surface area contributed by atoms with Gasteiger partial charge in [0.2, 0.25) is 0 Å². The molecule has 0 saturated heterocycles. The minimum atomic E-state index is -0.606. The van der Waals surface area contributed by atoms with E-state index in [9.17, 15) is 5.11 Å². The highest BCUT2D eigenvalue weighted by molar-refractivity contribution is 5.17. The third-order valence-electron chi connectivity index (χ3n) is 2.73. The molecule has 1 aromatic rings. The zero-order chi connectivity index (χ0) is 12.0. The highest BCUT2D eigenvalue weighted by Gasteiger charge is 2.17. The fourth-order valence-corrected chi connectivity index (χ4v) is 1.80. The molecule has 0 amide bonds. The SMILES string of the molecule is CCCC(C)(O)CNCc1cccnc1C. The fraction of sp³-hybridized carbons (Fsp3) is 0.615. The number of aromatic nitrogens is 1. The highest BCUT2D eigenvalue weighted by Crippen LogP contribution is 2.10. The third kappa shape index (κ3) is 4.29. The second kappa shape index (κ2) is 5.97. The lowest BCUT2D eigenvalue weighted by molar-refractivity contribution is 0.0498. The summed E-state index contributed by atoms with van der Waals surface area (Å²) in [6.45, 7) is 7.34. The molecule has 0 aliphatic heterocycles. The molecule has 1 rings (SSSR count). The summed E-state index contributed by atoms with van der Waals surface area (Å²) in [5.74, 6) is 0. The van der Waals surface area contributed by atoms with Crippen LogP contribution in [0.1, 0.15) is 37.9 Å². The van der Waals surface area contributed by atoms with Crippen molar-refractivity contribution in [3.8, 4) is 0 Å². The van der Waals surface area contributed by atoms with Crippen molar-refractivity contribution in [3.63, 3.8) is 0 Å². The Labute approximate surface area is 97.9 Å². The molecular weight excluding hydrogens is 200 g/mol. The standard InChI is InChI=1S/C13H22N2O/c1-4-7-13(3,16)10-14-9-12-6-5-8-15-11(12)2/h5-6,8,14,16H,4,7,9-10H2,1-3H3. The summed E-state index contributed by atoms with van der Waals surface area (Å²) in [7, 11) is 0. The van der Waals surface area contributed by atoms with Crippen molar-refractivity contribution in [1.29, 1.82) is 0 Å². The molecule has 1 unspecified atom stereocenters. The molecule has 0 aliphatic rings. The summed E-state index contributed by atoms with van der Waals surface area (Å²) in [4.78, 5) is 4.23. The molecule has 2 N–H and O–H groups in total. The van der Waals surface area contributed by atoms with Crippen molar-refractivity contribution >= 4 is 0 Å². The van der Waals surface area contributed by atoms with Gasteiger partial charge in [0.1, 0.15) is 0 Å². The summed E-state index contributed by atoms with van der Waals surface area (Å²) >= 11 is 0. The molecule has 1 heterocycles. The molecule has 0 fully saturated rings. The van der Waals surface area contributed by atoms with E-state index in [-0.39, 0.29) is 0 Å². The largest absolute Gasteiger partial charge is 0.389 e. The number of nitrogens with zero attached hydrogens (tertiary/aromatic N) is 1. The number of pyridine rings is 1. The first kappa shape index (κ1) is 13.1. The van der Waals surface area contributed by atoms with Gasteiger partial charge in [0.15, 0.2) is 0 Å². The van der Waals surface area contributed by atoms with Gasteiger partial charge < -0.3 is 10.4 Å². The van der Waals surface area contributed by atoms with Crippen LogP contribution in [0, 0.1) is 6.92 Å².